The zero-order chi connectivity index (χ0) is 66.8. The summed E-state index contributed by atoms with van der Waals surface area (Å²) in [6, 6.07) is 139. The quantitative estimate of drug-likeness (QED) is 0.128. The fourth-order valence-corrected chi connectivity index (χ4v) is 30.8. The van der Waals surface area contributed by atoms with Crippen molar-refractivity contribution in [2.45, 2.75) is 0 Å². The highest BCUT2D eigenvalue weighted by molar-refractivity contribution is 7.26. The molecule has 0 radical (unpaired) electrons. The van der Waals surface area contributed by atoms with Crippen LogP contribution >= 0.6 is 22.7 Å². The molecule has 2 nitrogen and oxygen atoms in total. The second-order valence-electron chi connectivity index (χ2n) is 27.7. The highest BCUT2D eigenvalue weighted by Crippen LogP contribution is 2.45. The standard InChI is InChI=1S/C96H60N2S2Si2/c1-5-21-69(22-6-1)101(70-23-7-2-8-24-70)93-35-19-15-31-75(93)83-59-67(43-51-95(83)101)97-85-45-37-61(53-77(85)79-55-63(39-47-87(79)97)65-41-49-91-81(57-65)73-29-13-17-33-89(73)99-91)62-38-46-86-78(54-62)80-56-64(66-42-50-92-82(58-66)74-30-14-18-34-90(74)100-92)40-48-88(80)98(86)68-44-52-96-84(60-68)76-32-16-20-36-94(76)102(96,71-25-9-3-10-26-71)72-27-11-4-12-28-72/h1-60H. The molecule has 6 heterocycles. The summed E-state index contributed by atoms with van der Waals surface area (Å²) in [5, 5.41) is 21.5. The van der Waals surface area contributed by atoms with Gasteiger partial charge in [0.05, 0.1) is 22.1 Å². The van der Waals surface area contributed by atoms with Crippen LogP contribution < -0.4 is 41.5 Å². The second kappa shape index (κ2) is 22.2. The highest BCUT2D eigenvalue weighted by Gasteiger charge is 2.50. The van der Waals surface area contributed by atoms with Crippen molar-refractivity contribution in [1.29, 1.82) is 0 Å². The number of hydrogen-bond acceptors (Lipinski definition) is 2. The van der Waals surface area contributed by atoms with Gasteiger partial charge in [-0.2, -0.15) is 0 Å². The lowest BCUT2D eigenvalue weighted by Gasteiger charge is -2.31. The Balaban J connectivity index is 0.752. The van der Waals surface area contributed by atoms with Crippen LogP contribution in [0.25, 0.3) is 151 Å². The average molecular weight is 1360 g/mol. The van der Waals surface area contributed by atoms with Crippen molar-refractivity contribution in [3.05, 3.63) is 364 Å². The third-order valence-electron chi connectivity index (χ3n) is 22.7. The Bertz CT molecular complexity index is 6390. The molecule has 0 bridgehead atoms. The van der Waals surface area contributed by atoms with Crippen LogP contribution in [0, 0.1) is 0 Å². The topological polar surface area (TPSA) is 9.86 Å². The van der Waals surface area contributed by atoms with Gasteiger partial charge in [0.1, 0.15) is 0 Å². The number of fused-ring (bicyclic) bond motifs is 18. The Morgan fingerprint density at radius 2 is 0.461 bits per heavy atom. The highest BCUT2D eigenvalue weighted by atomic mass is 32.1. The van der Waals surface area contributed by atoms with Crippen molar-refractivity contribution in [1.82, 2.24) is 9.13 Å². The average Bonchev–Trinajstić information content (AvgIpc) is 1.54. The van der Waals surface area contributed by atoms with Crippen LogP contribution in [0.3, 0.4) is 0 Å². The smallest absolute Gasteiger partial charge is 0.180 e. The van der Waals surface area contributed by atoms with E-state index in [1.165, 1.54) is 181 Å². The van der Waals surface area contributed by atoms with Crippen LogP contribution in [0.5, 0.6) is 0 Å². The lowest BCUT2D eigenvalue weighted by molar-refractivity contribution is 1.18. The third-order valence-corrected chi connectivity index (χ3v) is 34.8. The Labute approximate surface area is 599 Å². The van der Waals surface area contributed by atoms with Gasteiger partial charge in [0.2, 0.25) is 0 Å². The summed E-state index contributed by atoms with van der Waals surface area (Å²) in [6.45, 7) is 0. The minimum Gasteiger partial charge on any atom is -0.309 e. The maximum Gasteiger partial charge on any atom is 0.180 e. The minimum absolute atomic E-state index is 1.15. The summed E-state index contributed by atoms with van der Waals surface area (Å²) < 4.78 is 10.3. The van der Waals surface area contributed by atoms with E-state index in [4.69, 9.17) is 0 Å². The Morgan fingerprint density at radius 1 is 0.186 bits per heavy atom. The monoisotopic (exact) mass is 1360 g/mol. The van der Waals surface area contributed by atoms with Crippen LogP contribution in [-0.2, 0) is 0 Å². The summed E-state index contributed by atoms with van der Waals surface area (Å²) in [7, 11) is -5.42. The maximum atomic E-state index is 2.54. The summed E-state index contributed by atoms with van der Waals surface area (Å²) >= 11 is 3.75. The van der Waals surface area contributed by atoms with Gasteiger partial charge in [-0.3, -0.25) is 0 Å². The third kappa shape index (κ3) is 8.26. The van der Waals surface area contributed by atoms with Gasteiger partial charge in [-0.05, 0) is 206 Å². The Kier molecular flexibility index (Phi) is 12.6. The molecule has 2 aliphatic heterocycles. The molecular weight excluding hydrogens is 1300 g/mol. The fourth-order valence-electron chi connectivity index (χ4n) is 18.3. The molecule has 0 saturated heterocycles. The summed E-state index contributed by atoms with van der Waals surface area (Å²) in [4.78, 5) is 0. The molecule has 0 unspecified atom stereocenters. The van der Waals surface area contributed by atoms with Crippen molar-refractivity contribution >= 4 is 164 Å². The van der Waals surface area contributed by atoms with E-state index in [0.717, 1.165) is 11.4 Å². The van der Waals surface area contributed by atoms with Gasteiger partial charge in [0, 0.05) is 73.3 Å². The van der Waals surface area contributed by atoms with Gasteiger partial charge in [-0.1, -0.05) is 255 Å². The molecule has 0 saturated carbocycles. The van der Waals surface area contributed by atoms with Crippen LogP contribution in [-0.4, -0.2) is 25.3 Å². The largest absolute Gasteiger partial charge is 0.309 e. The SMILES string of the molecule is c1ccc([Si]2(c3ccccc3)c3ccccc3-c3cc(-n4c5ccc(-c6ccc7sc8ccccc8c7c6)cc5c5cc(-c6ccc7c(c6)c6cc(-c8ccc9sc%10ccccc%10c9c8)ccc6n7-c6ccc7c(c6)-c6ccccc6[Si]7(c6ccccc6)c6ccccc6)ccc54)ccc32)cc1. The number of hydrogen-bond donors (Lipinski definition) is 0. The maximum absolute atomic E-state index is 2.71. The van der Waals surface area contributed by atoms with Crippen LogP contribution in [0.15, 0.2) is 364 Å². The molecule has 4 aromatic heterocycles. The molecule has 0 N–H and O–H groups in total. The number of nitrogens with zero attached hydrogens (tertiary/aromatic N) is 2. The molecule has 0 spiro atoms. The van der Waals surface area contributed by atoms with Gasteiger partial charge in [-0.25, -0.2) is 0 Å². The first-order valence-corrected chi connectivity index (χ1v) is 40.9. The van der Waals surface area contributed by atoms with E-state index in [1.807, 2.05) is 22.7 Å². The number of aromatic nitrogens is 2. The molecule has 2 aliphatic rings. The molecule has 0 fully saturated rings. The summed E-state index contributed by atoms with van der Waals surface area (Å²) in [5.74, 6) is 0. The van der Waals surface area contributed by atoms with Crippen molar-refractivity contribution < 1.29 is 0 Å². The molecule has 22 rings (SSSR count). The van der Waals surface area contributed by atoms with E-state index in [0.29, 0.717) is 0 Å². The van der Waals surface area contributed by atoms with Gasteiger partial charge in [-0.15, -0.1) is 22.7 Å². The Morgan fingerprint density at radius 3 is 0.814 bits per heavy atom. The van der Waals surface area contributed by atoms with Gasteiger partial charge in [0.25, 0.3) is 0 Å². The molecule has 20 aromatic rings. The number of rotatable bonds is 9. The number of thiophene rings is 2. The van der Waals surface area contributed by atoms with Crippen molar-refractivity contribution in [3.63, 3.8) is 0 Å². The first-order valence-electron chi connectivity index (χ1n) is 35.3. The predicted octanol–water partition coefficient (Wildman–Crippen LogP) is 20.3. The number of benzene rings is 16. The molecule has 102 heavy (non-hydrogen) atoms. The molecule has 474 valence electrons. The van der Waals surface area contributed by atoms with Gasteiger partial charge < -0.3 is 9.13 Å². The van der Waals surface area contributed by atoms with E-state index in [1.54, 1.807) is 0 Å². The fraction of sp³-hybridized carbons (Fsp3) is 0. The zero-order valence-corrected chi connectivity index (χ0v) is 59.0. The molecular formula is C96H60N2S2Si2. The molecule has 0 amide bonds. The summed E-state index contributed by atoms with van der Waals surface area (Å²) in [6.07, 6.45) is 0. The van der Waals surface area contributed by atoms with Gasteiger partial charge >= 0.3 is 0 Å². The molecule has 0 aliphatic carbocycles. The van der Waals surface area contributed by atoms with Crippen molar-refractivity contribution in [3.8, 4) is 67.0 Å². The summed E-state index contributed by atoms with van der Waals surface area (Å²) in [5.41, 5.74) is 19.5. The van der Waals surface area contributed by atoms with Crippen molar-refractivity contribution in [2.24, 2.45) is 0 Å². The molecule has 16 aromatic carbocycles. The normalized spacial score (nSPS) is 13.5. The van der Waals surface area contributed by atoms with E-state index in [-0.39, 0.29) is 0 Å². The lowest BCUT2D eigenvalue weighted by Crippen LogP contribution is -2.72. The van der Waals surface area contributed by atoms with E-state index >= 15 is 0 Å². The Hall–Kier alpha value is -12.0. The predicted molar refractivity (Wildman–Crippen MR) is 442 cm³/mol. The van der Waals surface area contributed by atoms with Crippen LogP contribution in [0.1, 0.15) is 0 Å². The first kappa shape index (κ1) is 57.9. The van der Waals surface area contributed by atoms with E-state index < -0.39 is 16.1 Å². The van der Waals surface area contributed by atoms with Crippen LogP contribution in [0.2, 0.25) is 0 Å². The molecule has 6 heteroatoms. The van der Waals surface area contributed by atoms with Crippen LogP contribution in [0.4, 0.5) is 0 Å². The zero-order valence-electron chi connectivity index (χ0n) is 55.4. The first-order chi connectivity index (χ1) is 50.5. The molecule has 0 atom stereocenters. The lowest BCUT2D eigenvalue weighted by atomic mass is 9.98. The van der Waals surface area contributed by atoms with Crippen molar-refractivity contribution in [2.75, 3.05) is 0 Å². The van der Waals surface area contributed by atoms with E-state index in [9.17, 15) is 0 Å². The van der Waals surface area contributed by atoms with E-state index in [2.05, 4.69) is 373 Å². The second-order valence-corrected chi connectivity index (χ2v) is 37.4. The minimum atomic E-state index is -2.71. The van der Waals surface area contributed by atoms with Gasteiger partial charge in [0.15, 0.2) is 16.1 Å².